The fourth-order valence-corrected chi connectivity index (χ4v) is 3.56. The minimum absolute atomic E-state index is 0.0810. The molecule has 3 rings (SSSR count). The van der Waals surface area contributed by atoms with Crippen LogP contribution in [-0.2, 0) is 16.6 Å². The molecule has 1 heterocycles. The molecule has 0 aliphatic carbocycles. The molecule has 1 aromatic heterocycles. The SMILES string of the molecule is Cc1ccc(C(=C(C=CC(O)CC(=O)CC(=O)O)c2nnnn2C)c2ccc(C)cc2F)c(F)c1. The third-order valence-corrected chi connectivity index (χ3v) is 5.19. The summed E-state index contributed by atoms with van der Waals surface area (Å²) in [5.41, 5.74) is 1.82. The molecular weight excluding hydrogens is 458 g/mol. The molecule has 0 saturated heterocycles. The van der Waals surface area contributed by atoms with Gasteiger partial charge in [-0.2, -0.15) is 0 Å². The molecule has 2 aromatic carbocycles. The molecule has 10 heteroatoms. The van der Waals surface area contributed by atoms with E-state index in [0.717, 1.165) is 0 Å². The highest BCUT2D eigenvalue weighted by atomic mass is 19.1. The van der Waals surface area contributed by atoms with Gasteiger partial charge in [-0.3, -0.25) is 9.59 Å². The van der Waals surface area contributed by atoms with Crippen LogP contribution >= 0.6 is 0 Å². The zero-order valence-corrected chi connectivity index (χ0v) is 19.4. The summed E-state index contributed by atoms with van der Waals surface area (Å²) in [5, 5.41) is 30.5. The lowest BCUT2D eigenvalue weighted by Crippen LogP contribution is -2.14. The minimum Gasteiger partial charge on any atom is -0.481 e. The standard InChI is InChI=1S/C25H24F2N4O4/c1-14-4-7-18(21(26)10-14)24(19-8-5-15(2)11-22(19)27)20(25-28-29-30-31(25)3)9-6-16(32)12-17(33)13-23(34)35/h4-11,16,32H,12-13H2,1-3H3,(H,34,35). The molecule has 0 bridgehead atoms. The summed E-state index contributed by atoms with van der Waals surface area (Å²) in [7, 11) is 1.55. The van der Waals surface area contributed by atoms with Gasteiger partial charge in [-0.25, -0.2) is 13.5 Å². The number of aliphatic hydroxyl groups excluding tert-OH is 1. The number of aliphatic carboxylic acids is 1. The Morgan fingerprint density at radius 1 is 1.06 bits per heavy atom. The molecule has 1 atom stereocenters. The third kappa shape index (κ3) is 6.30. The predicted octanol–water partition coefficient (Wildman–Crippen LogP) is 3.42. The molecule has 0 fully saturated rings. The molecule has 3 aromatic rings. The van der Waals surface area contributed by atoms with Gasteiger partial charge in [-0.15, -0.1) is 5.10 Å². The number of aromatic nitrogens is 4. The smallest absolute Gasteiger partial charge is 0.310 e. The summed E-state index contributed by atoms with van der Waals surface area (Å²) in [6.45, 7) is 3.45. The number of hydrogen-bond acceptors (Lipinski definition) is 6. The zero-order chi connectivity index (χ0) is 25.7. The van der Waals surface area contributed by atoms with Crippen LogP contribution in [0.1, 0.15) is 40.9 Å². The quantitative estimate of drug-likeness (QED) is 0.354. The van der Waals surface area contributed by atoms with Crippen molar-refractivity contribution in [2.45, 2.75) is 32.8 Å². The number of aliphatic hydroxyl groups is 1. The lowest BCUT2D eigenvalue weighted by atomic mass is 9.90. The summed E-state index contributed by atoms with van der Waals surface area (Å²) in [6.07, 6.45) is 0.0977. The molecule has 182 valence electrons. The maximum absolute atomic E-state index is 15.2. The molecule has 0 saturated carbocycles. The normalized spacial score (nSPS) is 12.1. The van der Waals surface area contributed by atoms with Crippen LogP contribution in [0, 0.1) is 25.5 Å². The number of carbonyl (C=O) groups is 2. The van der Waals surface area contributed by atoms with Gasteiger partial charge >= 0.3 is 5.97 Å². The summed E-state index contributed by atoms with van der Waals surface area (Å²) in [4.78, 5) is 22.5. The van der Waals surface area contributed by atoms with Gasteiger partial charge in [0.1, 0.15) is 23.8 Å². The lowest BCUT2D eigenvalue weighted by Gasteiger charge is -2.16. The molecule has 35 heavy (non-hydrogen) atoms. The van der Waals surface area contributed by atoms with E-state index >= 15 is 8.78 Å². The van der Waals surface area contributed by atoms with Crippen LogP contribution in [0.4, 0.5) is 8.78 Å². The molecule has 2 N–H and O–H groups in total. The largest absolute Gasteiger partial charge is 0.481 e. The second-order valence-electron chi connectivity index (χ2n) is 8.12. The maximum Gasteiger partial charge on any atom is 0.310 e. The second-order valence-corrected chi connectivity index (χ2v) is 8.12. The Bertz CT molecular complexity index is 1280. The number of ketones is 1. The first-order valence-corrected chi connectivity index (χ1v) is 10.7. The fourth-order valence-electron chi connectivity index (χ4n) is 3.56. The monoisotopic (exact) mass is 482 g/mol. The lowest BCUT2D eigenvalue weighted by molar-refractivity contribution is -0.140. The Morgan fingerprint density at radius 2 is 1.63 bits per heavy atom. The van der Waals surface area contributed by atoms with Crippen LogP contribution in [0.15, 0.2) is 48.6 Å². The van der Waals surface area contributed by atoms with Crippen LogP contribution in [-0.4, -0.2) is 48.3 Å². The average Bonchev–Trinajstić information content (AvgIpc) is 3.17. The highest BCUT2D eigenvalue weighted by molar-refractivity contribution is 6.01. The van der Waals surface area contributed by atoms with Gasteiger partial charge in [0.05, 0.1) is 6.10 Å². The number of carbonyl (C=O) groups excluding carboxylic acids is 1. The molecule has 0 aliphatic heterocycles. The number of Topliss-reactive ketones (excluding diaryl/α,β-unsaturated/α-hetero) is 1. The number of aryl methyl sites for hydroxylation is 3. The molecule has 0 aliphatic rings. The van der Waals surface area contributed by atoms with Crippen LogP contribution < -0.4 is 0 Å². The van der Waals surface area contributed by atoms with Gasteiger partial charge in [0, 0.05) is 35.7 Å². The Kier molecular flexibility index (Phi) is 7.98. The van der Waals surface area contributed by atoms with Gasteiger partial charge in [0.15, 0.2) is 5.82 Å². The van der Waals surface area contributed by atoms with E-state index in [1.807, 2.05) is 0 Å². The number of benzene rings is 2. The van der Waals surface area contributed by atoms with E-state index in [9.17, 15) is 14.7 Å². The number of allylic oxidation sites excluding steroid dienone is 2. The van der Waals surface area contributed by atoms with Crippen molar-refractivity contribution in [3.8, 4) is 0 Å². The van der Waals surface area contributed by atoms with Gasteiger partial charge in [0.25, 0.3) is 0 Å². The van der Waals surface area contributed by atoms with Crippen LogP contribution in [0.25, 0.3) is 11.1 Å². The van der Waals surface area contributed by atoms with Crippen molar-refractivity contribution in [2.75, 3.05) is 0 Å². The average molecular weight is 482 g/mol. The first-order chi connectivity index (χ1) is 16.6. The van der Waals surface area contributed by atoms with Crippen molar-refractivity contribution in [1.29, 1.82) is 0 Å². The van der Waals surface area contributed by atoms with Crippen molar-refractivity contribution in [3.05, 3.63) is 88.3 Å². The number of hydrogen-bond donors (Lipinski definition) is 2. The van der Waals surface area contributed by atoms with Gasteiger partial charge in [-0.1, -0.05) is 36.4 Å². The summed E-state index contributed by atoms with van der Waals surface area (Å²) < 4.78 is 31.7. The van der Waals surface area contributed by atoms with E-state index in [1.54, 1.807) is 33.0 Å². The highest BCUT2D eigenvalue weighted by Crippen LogP contribution is 2.35. The van der Waals surface area contributed by atoms with E-state index in [-0.39, 0.29) is 28.1 Å². The van der Waals surface area contributed by atoms with Crippen molar-refractivity contribution in [3.63, 3.8) is 0 Å². The Balaban J connectivity index is 2.25. The van der Waals surface area contributed by atoms with E-state index in [4.69, 9.17) is 5.11 Å². The molecule has 0 radical (unpaired) electrons. The number of rotatable bonds is 9. The van der Waals surface area contributed by atoms with Crippen molar-refractivity contribution in [2.24, 2.45) is 7.05 Å². The fraction of sp³-hybridized carbons (Fsp3) is 0.240. The first-order valence-electron chi connectivity index (χ1n) is 10.7. The molecule has 8 nitrogen and oxygen atoms in total. The number of halogens is 2. The van der Waals surface area contributed by atoms with Crippen LogP contribution in [0.5, 0.6) is 0 Å². The number of tetrazole rings is 1. The zero-order valence-electron chi connectivity index (χ0n) is 19.4. The number of carboxylic acid groups (broad SMARTS) is 1. The van der Waals surface area contributed by atoms with Crippen molar-refractivity contribution in [1.82, 2.24) is 20.2 Å². The van der Waals surface area contributed by atoms with E-state index < -0.39 is 42.3 Å². The topological polar surface area (TPSA) is 118 Å². The highest BCUT2D eigenvalue weighted by Gasteiger charge is 2.22. The van der Waals surface area contributed by atoms with Gasteiger partial charge in [-0.05, 0) is 47.5 Å². The molecule has 1 unspecified atom stereocenters. The third-order valence-electron chi connectivity index (χ3n) is 5.19. The van der Waals surface area contributed by atoms with Crippen LogP contribution in [0.2, 0.25) is 0 Å². The van der Waals surface area contributed by atoms with Gasteiger partial charge in [0.2, 0.25) is 0 Å². The number of carboxylic acids is 1. The van der Waals surface area contributed by atoms with Crippen LogP contribution in [0.3, 0.4) is 0 Å². The predicted molar refractivity (Wildman–Crippen MR) is 124 cm³/mol. The summed E-state index contributed by atoms with van der Waals surface area (Å²) >= 11 is 0. The minimum atomic E-state index is -1.34. The molecule has 0 amide bonds. The van der Waals surface area contributed by atoms with E-state index in [2.05, 4.69) is 15.5 Å². The van der Waals surface area contributed by atoms with Gasteiger partial charge < -0.3 is 10.2 Å². The summed E-state index contributed by atoms with van der Waals surface area (Å²) in [6, 6.07) is 9.03. The Morgan fingerprint density at radius 3 is 2.09 bits per heavy atom. The second kappa shape index (κ2) is 10.9. The van der Waals surface area contributed by atoms with E-state index in [0.29, 0.717) is 11.1 Å². The Hall–Kier alpha value is -4.05. The van der Waals surface area contributed by atoms with Crippen molar-refractivity contribution >= 4 is 22.9 Å². The van der Waals surface area contributed by atoms with E-state index in [1.165, 1.54) is 41.1 Å². The first kappa shape index (κ1) is 25.6. The maximum atomic E-state index is 15.2. The molecular formula is C25H24F2N4O4. The summed E-state index contributed by atoms with van der Waals surface area (Å²) in [5.74, 6) is -3.02. The Labute approximate surface area is 200 Å². The number of nitrogens with zero attached hydrogens (tertiary/aromatic N) is 4. The van der Waals surface area contributed by atoms with Crippen molar-refractivity contribution < 1.29 is 28.6 Å². The molecule has 0 spiro atoms.